The highest BCUT2D eigenvalue weighted by molar-refractivity contribution is 5.97. The van der Waals surface area contributed by atoms with Crippen molar-refractivity contribution in [1.82, 2.24) is 23.5 Å². The van der Waals surface area contributed by atoms with E-state index in [-0.39, 0.29) is 5.56 Å². The van der Waals surface area contributed by atoms with Crippen molar-refractivity contribution in [2.45, 2.75) is 19.4 Å². The predicted molar refractivity (Wildman–Crippen MR) is 114 cm³/mol. The molecular weight excluding hydrogens is 397 g/mol. The van der Waals surface area contributed by atoms with E-state index in [4.69, 9.17) is 9.72 Å². The number of aryl methyl sites for hydroxylation is 1. The van der Waals surface area contributed by atoms with Crippen molar-refractivity contribution in [3.8, 4) is 11.5 Å². The van der Waals surface area contributed by atoms with Crippen LogP contribution in [0.2, 0.25) is 0 Å². The number of fused-ring (bicyclic) bond motifs is 4. The van der Waals surface area contributed by atoms with E-state index >= 15 is 0 Å². The number of benzene rings is 1. The lowest BCUT2D eigenvalue weighted by Crippen LogP contribution is -2.05. The Hall–Kier alpha value is -3.68. The SMILES string of the molecule is COC(=O)c1cc(F)c2c(c1)nc(-c1cc3ccn4ccnc4c3n1CC1CC1)n2C. The van der Waals surface area contributed by atoms with Crippen LogP contribution in [0, 0.1) is 11.7 Å². The summed E-state index contributed by atoms with van der Waals surface area (Å²) in [5.41, 5.74) is 3.79. The van der Waals surface area contributed by atoms with Crippen molar-refractivity contribution in [2.75, 3.05) is 7.11 Å². The van der Waals surface area contributed by atoms with Gasteiger partial charge in [-0.2, -0.15) is 0 Å². The number of carbonyl (C=O) groups excluding carboxylic acids is 1. The number of pyridine rings is 1. The lowest BCUT2D eigenvalue weighted by atomic mass is 10.2. The highest BCUT2D eigenvalue weighted by Crippen LogP contribution is 2.37. The summed E-state index contributed by atoms with van der Waals surface area (Å²) < 4.78 is 25.7. The van der Waals surface area contributed by atoms with Gasteiger partial charge in [0, 0.05) is 37.6 Å². The third-order valence-corrected chi connectivity index (χ3v) is 6.13. The first-order chi connectivity index (χ1) is 15.0. The number of ether oxygens (including phenoxy) is 1. The molecule has 4 heterocycles. The molecule has 1 fully saturated rings. The molecule has 1 saturated carbocycles. The predicted octanol–water partition coefficient (Wildman–Crippen LogP) is 4.18. The molecule has 31 heavy (non-hydrogen) atoms. The van der Waals surface area contributed by atoms with Gasteiger partial charge in [0.1, 0.15) is 11.3 Å². The van der Waals surface area contributed by atoms with Gasteiger partial charge in [0.15, 0.2) is 11.5 Å². The Kier molecular flexibility index (Phi) is 3.74. The lowest BCUT2D eigenvalue weighted by Gasteiger charge is -2.11. The standard InChI is InChI=1S/C23H20FN5O2/c1-27-20-16(24)9-15(23(30)31-2)10-17(20)26-21(27)18-11-14-5-7-28-8-6-25-22(28)19(14)29(18)12-13-3-4-13/h5-11,13H,3-4,12H2,1-2H3. The summed E-state index contributed by atoms with van der Waals surface area (Å²) in [5, 5.41) is 1.07. The van der Waals surface area contributed by atoms with E-state index < -0.39 is 11.8 Å². The first-order valence-corrected chi connectivity index (χ1v) is 10.2. The highest BCUT2D eigenvalue weighted by atomic mass is 19.1. The molecule has 8 heteroatoms. The summed E-state index contributed by atoms with van der Waals surface area (Å²) in [6, 6.07) is 6.93. The monoisotopic (exact) mass is 417 g/mol. The smallest absolute Gasteiger partial charge is 0.338 e. The number of imidazole rings is 2. The molecule has 0 saturated heterocycles. The second kappa shape index (κ2) is 6.41. The van der Waals surface area contributed by atoms with Crippen LogP contribution in [0.3, 0.4) is 0 Å². The van der Waals surface area contributed by atoms with Gasteiger partial charge in [0.2, 0.25) is 0 Å². The molecule has 0 atom stereocenters. The molecule has 0 N–H and O–H groups in total. The number of aromatic nitrogens is 5. The maximum atomic E-state index is 14.9. The zero-order valence-corrected chi connectivity index (χ0v) is 17.2. The Morgan fingerprint density at radius 1 is 1.23 bits per heavy atom. The van der Waals surface area contributed by atoms with E-state index in [2.05, 4.69) is 21.7 Å². The van der Waals surface area contributed by atoms with Crippen molar-refractivity contribution in [1.29, 1.82) is 0 Å². The molecule has 1 aliphatic rings. The van der Waals surface area contributed by atoms with Gasteiger partial charge in [-0.3, -0.25) is 0 Å². The first-order valence-electron chi connectivity index (χ1n) is 10.2. The Bertz CT molecular complexity index is 1510. The molecule has 5 aromatic rings. The molecule has 1 aromatic carbocycles. The molecule has 6 rings (SSSR count). The van der Waals surface area contributed by atoms with Crippen molar-refractivity contribution < 1.29 is 13.9 Å². The van der Waals surface area contributed by atoms with Crippen molar-refractivity contribution in [3.63, 3.8) is 0 Å². The number of rotatable bonds is 4. The van der Waals surface area contributed by atoms with Crippen LogP contribution < -0.4 is 0 Å². The summed E-state index contributed by atoms with van der Waals surface area (Å²) in [5.74, 6) is 0.191. The van der Waals surface area contributed by atoms with Crippen LogP contribution in [0.5, 0.6) is 0 Å². The Morgan fingerprint density at radius 3 is 2.84 bits per heavy atom. The number of nitrogens with zero attached hydrogens (tertiary/aromatic N) is 5. The minimum atomic E-state index is -0.586. The molecule has 4 aromatic heterocycles. The van der Waals surface area contributed by atoms with Crippen LogP contribution in [0.25, 0.3) is 39.1 Å². The number of methoxy groups -OCH3 is 1. The molecule has 0 bridgehead atoms. The van der Waals surface area contributed by atoms with Crippen molar-refractivity contribution in [2.24, 2.45) is 13.0 Å². The van der Waals surface area contributed by atoms with Gasteiger partial charge in [-0.25, -0.2) is 19.2 Å². The third-order valence-electron chi connectivity index (χ3n) is 6.13. The van der Waals surface area contributed by atoms with Crippen LogP contribution in [-0.4, -0.2) is 36.6 Å². The van der Waals surface area contributed by atoms with Gasteiger partial charge in [-0.15, -0.1) is 0 Å². The number of hydrogen-bond acceptors (Lipinski definition) is 4. The third kappa shape index (κ3) is 2.67. The fourth-order valence-electron chi connectivity index (χ4n) is 4.42. The fourth-order valence-corrected chi connectivity index (χ4v) is 4.42. The molecular formula is C23H20FN5O2. The first kappa shape index (κ1) is 18.1. The average Bonchev–Trinajstić information content (AvgIpc) is 3.17. The molecule has 0 radical (unpaired) electrons. The van der Waals surface area contributed by atoms with Crippen LogP contribution in [0.4, 0.5) is 4.39 Å². The van der Waals surface area contributed by atoms with Gasteiger partial charge in [-0.05, 0) is 43.0 Å². The molecule has 7 nitrogen and oxygen atoms in total. The van der Waals surface area contributed by atoms with Gasteiger partial charge >= 0.3 is 5.97 Å². The molecule has 0 spiro atoms. The molecule has 1 aliphatic carbocycles. The Balaban J connectivity index is 1.63. The van der Waals surface area contributed by atoms with Gasteiger partial charge in [0.25, 0.3) is 0 Å². The van der Waals surface area contributed by atoms with E-state index in [0.29, 0.717) is 22.8 Å². The topological polar surface area (TPSA) is 66.3 Å². The highest BCUT2D eigenvalue weighted by Gasteiger charge is 2.27. The van der Waals surface area contributed by atoms with E-state index in [1.165, 1.54) is 26.0 Å². The molecule has 0 amide bonds. The van der Waals surface area contributed by atoms with Crippen LogP contribution in [-0.2, 0) is 18.3 Å². The molecule has 156 valence electrons. The summed E-state index contributed by atoms with van der Waals surface area (Å²) in [7, 11) is 3.08. The zero-order valence-electron chi connectivity index (χ0n) is 17.2. The molecule has 0 aliphatic heterocycles. The summed E-state index contributed by atoms with van der Waals surface area (Å²) in [4.78, 5) is 21.2. The number of esters is 1. The second-order valence-electron chi connectivity index (χ2n) is 8.17. The number of carbonyl (C=O) groups is 1. The summed E-state index contributed by atoms with van der Waals surface area (Å²) in [6.07, 6.45) is 8.13. The van der Waals surface area contributed by atoms with Gasteiger partial charge < -0.3 is 18.3 Å². The lowest BCUT2D eigenvalue weighted by molar-refractivity contribution is 0.0600. The summed E-state index contributed by atoms with van der Waals surface area (Å²) in [6.45, 7) is 0.866. The number of halogens is 1. The Labute approximate surface area is 176 Å². The van der Waals surface area contributed by atoms with Gasteiger partial charge in [-0.1, -0.05) is 0 Å². The van der Waals surface area contributed by atoms with E-state index in [1.807, 2.05) is 16.8 Å². The maximum absolute atomic E-state index is 14.9. The van der Waals surface area contributed by atoms with Crippen LogP contribution in [0.1, 0.15) is 23.2 Å². The fraction of sp³-hybridized carbons (Fsp3) is 0.261. The second-order valence-corrected chi connectivity index (χ2v) is 8.17. The normalized spacial score (nSPS) is 14.2. The quantitative estimate of drug-likeness (QED) is 0.412. The van der Waals surface area contributed by atoms with Crippen molar-refractivity contribution >= 4 is 33.6 Å². The minimum absolute atomic E-state index is 0.148. The van der Waals surface area contributed by atoms with Crippen LogP contribution >= 0.6 is 0 Å². The van der Waals surface area contributed by atoms with E-state index in [0.717, 1.165) is 28.8 Å². The van der Waals surface area contributed by atoms with Crippen molar-refractivity contribution in [3.05, 3.63) is 54.2 Å². The van der Waals surface area contributed by atoms with E-state index in [9.17, 15) is 9.18 Å². The van der Waals surface area contributed by atoms with Crippen LogP contribution in [0.15, 0.2) is 42.9 Å². The van der Waals surface area contributed by atoms with E-state index in [1.54, 1.807) is 23.9 Å². The van der Waals surface area contributed by atoms with Gasteiger partial charge in [0.05, 0.1) is 29.4 Å². The molecule has 0 unspecified atom stereocenters. The average molecular weight is 417 g/mol. The maximum Gasteiger partial charge on any atom is 0.338 e. The summed E-state index contributed by atoms with van der Waals surface area (Å²) >= 11 is 0. The minimum Gasteiger partial charge on any atom is -0.465 e. The number of hydrogen-bond donors (Lipinski definition) is 0. The largest absolute Gasteiger partial charge is 0.465 e. The zero-order chi connectivity index (χ0) is 21.3. The Morgan fingerprint density at radius 2 is 2.06 bits per heavy atom.